The van der Waals surface area contributed by atoms with Crippen molar-refractivity contribution in [2.45, 2.75) is 19.4 Å². The molecule has 1 fully saturated rings. The molecule has 2 aliphatic rings. The number of carbonyl (C=O) groups is 3. The molecule has 0 bridgehead atoms. The number of likely N-dealkylation sites (tertiary alicyclic amines) is 1. The Kier molecular flexibility index (Phi) is 5.28. The number of hydrogen-bond donors (Lipinski definition) is 1. The van der Waals surface area contributed by atoms with E-state index in [9.17, 15) is 14.4 Å². The molecule has 0 aliphatic carbocycles. The maximum absolute atomic E-state index is 12.5. The molecule has 0 atom stereocenters. The number of carbonyl (C=O) groups excluding carboxylic acids is 3. The highest BCUT2D eigenvalue weighted by molar-refractivity contribution is 7.09. The summed E-state index contributed by atoms with van der Waals surface area (Å²) in [5, 5.41) is 5.10. The first-order chi connectivity index (χ1) is 13.5. The van der Waals surface area contributed by atoms with Crippen molar-refractivity contribution in [3.63, 3.8) is 0 Å². The van der Waals surface area contributed by atoms with Gasteiger partial charge in [-0.1, -0.05) is 6.07 Å². The summed E-state index contributed by atoms with van der Waals surface area (Å²) in [5.74, 6) is -0.403. The highest BCUT2D eigenvalue weighted by atomic mass is 32.1. The van der Waals surface area contributed by atoms with Gasteiger partial charge in [0.15, 0.2) is 0 Å². The van der Waals surface area contributed by atoms with Gasteiger partial charge in [0.1, 0.15) is 0 Å². The summed E-state index contributed by atoms with van der Waals surface area (Å²) in [5.41, 5.74) is 1.09. The van der Waals surface area contributed by atoms with Crippen molar-refractivity contribution in [3.05, 3.63) is 57.3 Å². The van der Waals surface area contributed by atoms with E-state index in [2.05, 4.69) is 27.7 Å². The summed E-state index contributed by atoms with van der Waals surface area (Å²) in [6, 6.07) is 8.96. The van der Waals surface area contributed by atoms with Crippen LogP contribution < -0.4 is 5.32 Å². The van der Waals surface area contributed by atoms with E-state index in [0.717, 1.165) is 37.4 Å². The molecule has 28 heavy (non-hydrogen) atoms. The van der Waals surface area contributed by atoms with E-state index in [1.54, 1.807) is 23.5 Å². The fraction of sp³-hybridized carbons (Fsp3) is 0.381. The summed E-state index contributed by atoms with van der Waals surface area (Å²) in [6.45, 7) is 3.73. The Balaban J connectivity index is 1.29. The minimum Gasteiger partial charge on any atom is -0.352 e. The lowest BCUT2D eigenvalue weighted by atomic mass is 9.96. The van der Waals surface area contributed by atoms with Crippen LogP contribution in [0, 0.1) is 5.92 Å². The molecule has 0 spiro atoms. The van der Waals surface area contributed by atoms with Gasteiger partial charge < -0.3 is 5.32 Å². The maximum atomic E-state index is 12.5. The molecule has 1 N–H and O–H groups in total. The normalized spacial score (nSPS) is 17.8. The molecule has 2 aromatic rings. The zero-order valence-electron chi connectivity index (χ0n) is 15.8. The van der Waals surface area contributed by atoms with Crippen LogP contribution >= 0.6 is 11.3 Å². The third kappa shape index (κ3) is 3.72. The van der Waals surface area contributed by atoms with Crippen LogP contribution in [-0.2, 0) is 6.54 Å². The molecule has 0 unspecified atom stereocenters. The van der Waals surface area contributed by atoms with Gasteiger partial charge in [0.25, 0.3) is 17.7 Å². The smallest absolute Gasteiger partial charge is 0.261 e. The zero-order chi connectivity index (χ0) is 19.7. The molecular weight excluding hydrogens is 374 g/mol. The number of fused-ring (bicyclic) bond motifs is 1. The minimum atomic E-state index is -0.354. The molecule has 0 saturated carbocycles. The number of imide groups is 1. The number of nitrogens with one attached hydrogen (secondary N) is 1. The highest BCUT2D eigenvalue weighted by Crippen LogP contribution is 2.23. The van der Waals surface area contributed by atoms with Crippen LogP contribution in [0.15, 0.2) is 35.7 Å². The molecule has 146 valence electrons. The van der Waals surface area contributed by atoms with E-state index in [-0.39, 0.29) is 17.7 Å². The van der Waals surface area contributed by atoms with Crippen molar-refractivity contribution in [2.24, 2.45) is 5.92 Å². The molecule has 0 radical (unpaired) electrons. The van der Waals surface area contributed by atoms with Gasteiger partial charge in [0.2, 0.25) is 0 Å². The Morgan fingerprint density at radius 3 is 2.61 bits per heavy atom. The lowest BCUT2D eigenvalue weighted by molar-refractivity contribution is 0.0693. The largest absolute Gasteiger partial charge is 0.352 e. The fourth-order valence-electron chi connectivity index (χ4n) is 3.81. The minimum absolute atomic E-state index is 0.196. The van der Waals surface area contributed by atoms with Gasteiger partial charge in [-0.2, -0.15) is 0 Å². The molecule has 4 rings (SSSR count). The molecular formula is C21H23N3O3S. The first-order valence-electron chi connectivity index (χ1n) is 9.52. The number of rotatable bonds is 5. The molecule has 1 aromatic carbocycles. The van der Waals surface area contributed by atoms with E-state index >= 15 is 0 Å². The number of piperidine rings is 1. The van der Waals surface area contributed by atoms with E-state index in [1.807, 2.05) is 0 Å². The van der Waals surface area contributed by atoms with E-state index in [0.29, 0.717) is 29.2 Å². The topological polar surface area (TPSA) is 69.7 Å². The van der Waals surface area contributed by atoms with Gasteiger partial charge in [0, 0.05) is 30.6 Å². The number of nitrogens with zero attached hydrogens (tertiary/aromatic N) is 2. The third-order valence-corrected chi connectivity index (χ3v) is 6.43. The Morgan fingerprint density at radius 1 is 1.14 bits per heavy atom. The van der Waals surface area contributed by atoms with Crippen LogP contribution in [0.4, 0.5) is 0 Å². The Bertz CT molecular complexity index is 902. The SMILES string of the molecule is CN1C(=O)c2ccc(C(=O)NCC3CCN(Cc4cccs4)CC3)cc2C1=O. The Hall–Kier alpha value is -2.51. The summed E-state index contributed by atoms with van der Waals surface area (Å²) in [6.07, 6.45) is 2.13. The second-order valence-corrected chi connectivity index (χ2v) is 8.47. The van der Waals surface area contributed by atoms with Crippen molar-refractivity contribution < 1.29 is 14.4 Å². The number of amides is 3. The van der Waals surface area contributed by atoms with Crippen LogP contribution in [-0.4, -0.2) is 54.2 Å². The molecule has 7 heteroatoms. The molecule has 1 aromatic heterocycles. The average Bonchev–Trinajstić information content (AvgIpc) is 3.30. The van der Waals surface area contributed by atoms with Gasteiger partial charge in [-0.3, -0.25) is 24.2 Å². The van der Waals surface area contributed by atoms with Gasteiger partial charge in [-0.05, 0) is 61.5 Å². The lowest BCUT2D eigenvalue weighted by Crippen LogP contribution is -2.38. The summed E-state index contributed by atoms with van der Waals surface area (Å²) in [4.78, 5) is 41.5. The van der Waals surface area contributed by atoms with Crippen LogP contribution in [0.5, 0.6) is 0 Å². The monoisotopic (exact) mass is 397 g/mol. The number of thiophene rings is 1. The van der Waals surface area contributed by atoms with Gasteiger partial charge >= 0.3 is 0 Å². The van der Waals surface area contributed by atoms with Gasteiger partial charge in [0.05, 0.1) is 11.1 Å². The fourth-order valence-corrected chi connectivity index (χ4v) is 4.56. The van der Waals surface area contributed by atoms with E-state index in [1.165, 1.54) is 18.0 Å². The van der Waals surface area contributed by atoms with Crippen molar-refractivity contribution >= 4 is 29.1 Å². The molecule has 3 amide bonds. The molecule has 3 heterocycles. The first-order valence-corrected chi connectivity index (χ1v) is 10.4. The number of hydrogen-bond acceptors (Lipinski definition) is 5. The quantitative estimate of drug-likeness (QED) is 0.788. The van der Waals surface area contributed by atoms with Crippen LogP contribution in [0.25, 0.3) is 0 Å². The van der Waals surface area contributed by atoms with Crippen molar-refractivity contribution in [2.75, 3.05) is 26.7 Å². The lowest BCUT2D eigenvalue weighted by Gasteiger charge is -2.31. The number of benzene rings is 1. The van der Waals surface area contributed by atoms with Crippen molar-refractivity contribution in [3.8, 4) is 0 Å². The second-order valence-electron chi connectivity index (χ2n) is 7.44. The zero-order valence-corrected chi connectivity index (χ0v) is 16.6. The van der Waals surface area contributed by atoms with E-state index < -0.39 is 0 Å². The van der Waals surface area contributed by atoms with Crippen LogP contribution in [0.2, 0.25) is 0 Å². The summed E-state index contributed by atoms with van der Waals surface area (Å²) in [7, 11) is 1.45. The highest BCUT2D eigenvalue weighted by Gasteiger charge is 2.33. The molecule has 1 saturated heterocycles. The van der Waals surface area contributed by atoms with Gasteiger partial charge in [-0.15, -0.1) is 11.3 Å². The molecule has 2 aliphatic heterocycles. The standard InChI is InChI=1S/C21H23N3O3S/c1-23-20(26)17-5-4-15(11-18(17)21(23)27)19(25)22-12-14-6-8-24(9-7-14)13-16-3-2-10-28-16/h2-5,10-11,14H,6-9,12-13H2,1H3,(H,22,25). The average molecular weight is 398 g/mol. The van der Waals surface area contributed by atoms with Crippen molar-refractivity contribution in [1.82, 2.24) is 15.1 Å². The Morgan fingerprint density at radius 2 is 1.89 bits per heavy atom. The third-order valence-electron chi connectivity index (χ3n) is 5.57. The first kappa shape index (κ1) is 18.8. The predicted molar refractivity (Wildman–Crippen MR) is 108 cm³/mol. The second kappa shape index (κ2) is 7.85. The van der Waals surface area contributed by atoms with Gasteiger partial charge in [-0.25, -0.2) is 0 Å². The summed E-state index contributed by atoms with van der Waals surface area (Å²) >= 11 is 1.79. The van der Waals surface area contributed by atoms with Crippen LogP contribution in [0.3, 0.4) is 0 Å². The molecule has 6 nitrogen and oxygen atoms in total. The maximum Gasteiger partial charge on any atom is 0.261 e. The van der Waals surface area contributed by atoms with Crippen molar-refractivity contribution in [1.29, 1.82) is 0 Å². The Labute approximate surface area is 168 Å². The summed E-state index contributed by atoms with van der Waals surface area (Å²) < 4.78 is 0. The predicted octanol–water partition coefficient (Wildman–Crippen LogP) is 2.62. The van der Waals surface area contributed by atoms with Crippen LogP contribution in [0.1, 0.15) is 48.8 Å². The van der Waals surface area contributed by atoms with E-state index in [4.69, 9.17) is 0 Å².